The van der Waals surface area contributed by atoms with Crippen LogP contribution in [0.3, 0.4) is 0 Å². The number of ether oxygens (including phenoxy) is 1. The van der Waals surface area contributed by atoms with E-state index in [0.717, 1.165) is 22.8 Å². The molecule has 2 aliphatic rings. The molecule has 22 heavy (non-hydrogen) atoms. The first-order chi connectivity index (χ1) is 10.6. The summed E-state index contributed by atoms with van der Waals surface area (Å²) in [6.07, 6.45) is 1.53. The van der Waals surface area contributed by atoms with Gasteiger partial charge in [0.2, 0.25) is 5.91 Å². The third-order valence-electron chi connectivity index (χ3n) is 4.39. The van der Waals surface area contributed by atoms with Crippen molar-refractivity contribution in [2.24, 2.45) is 0 Å². The number of carbonyl (C=O) groups is 2. The lowest BCUT2D eigenvalue weighted by Gasteiger charge is -2.35. The summed E-state index contributed by atoms with van der Waals surface area (Å²) < 4.78 is 5.57. The van der Waals surface area contributed by atoms with E-state index >= 15 is 0 Å². The molecule has 0 radical (unpaired) electrons. The molecule has 5 nitrogen and oxygen atoms in total. The Morgan fingerprint density at radius 1 is 1.27 bits per heavy atom. The van der Waals surface area contributed by atoms with Gasteiger partial charge in [0.1, 0.15) is 11.3 Å². The first kappa shape index (κ1) is 15.2. The van der Waals surface area contributed by atoms with E-state index in [2.05, 4.69) is 5.32 Å². The SMILES string of the molecule is O=C(NC1(C(=O)O)CCSCC1)C1CCOc2ccccc21. The van der Waals surface area contributed by atoms with Gasteiger partial charge in [0.15, 0.2) is 0 Å². The normalized spacial score (nSPS) is 23.0. The zero-order valence-electron chi connectivity index (χ0n) is 12.2. The van der Waals surface area contributed by atoms with E-state index < -0.39 is 11.5 Å². The number of carbonyl (C=O) groups excluding carboxylic acids is 1. The molecular formula is C16H19NO4S. The van der Waals surface area contributed by atoms with Crippen molar-refractivity contribution < 1.29 is 19.4 Å². The highest BCUT2D eigenvalue weighted by atomic mass is 32.2. The molecule has 1 atom stereocenters. The summed E-state index contributed by atoms with van der Waals surface area (Å²) in [4.78, 5) is 24.4. The Labute approximate surface area is 133 Å². The van der Waals surface area contributed by atoms with Crippen LogP contribution in [-0.4, -0.2) is 40.6 Å². The second kappa shape index (κ2) is 6.20. The van der Waals surface area contributed by atoms with Crippen LogP contribution in [0.15, 0.2) is 24.3 Å². The quantitative estimate of drug-likeness (QED) is 0.891. The Hall–Kier alpha value is -1.69. The Kier molecular flexibility index (Phi) is 4.29. The van der Waals surface area contributed by atoms with Crippen molar-refractivity contribution in [1.82, 2.24) is 5.32 Å². The maximum absolute atomic E-state index is 12.7. The summed E-state index contributed by atoms with van der Waals surface area (Å²) in [6.45, 7) is 0.477. The average molecular weight is 321 g/mol. The van der Waals surface area contributed by atoms with E-state index in [1.54, 1.807) is 11.8 Å². The van der Waals surface area contributed by atoms with E-state index in [1.807, 2.05) is 24.3 Å². The number of carboxylic acids is 1. The summed E-state index contributed by atoms with van der Waals surface area (Å²) in [5.41, 5.74) is -0.271. The summed E-state index contributed by atoms with van der Waals surface area (Å²) in [6, 6.07) is 7.47. The minimum atomic E-state index is -1.12. The third-order valence-corrected chi connectivity index (χ3v) is 5.38. The van der Waals surface area contributed by atoms with Crippen LogP contribution in [0.1, 0.15) is 30.7 Å². The molecule has 0 bridgehead atoms. The van der Waals surface area contributed by atoms with Gasteiger partial charge in [-0.3, -0.25) is 4.79 Å². The molecule has 1 aromatic carbocycles. The fourth-order valence-electron chi connectivity index (χ4n) is 3.05. The van der Waals surface area contributed by atoms with Gasteiger partial charge in [-0.1, -0.05) is 18.2 Å². The monoisotopic (exact) mass is 321 g/mol. The molecule has 1 unspecified atom stereocenters. The van der Waals surface area contributed by atoms with Crippen LogP contribution in [0.25, 0.3) is 0 Å². The summed E-state index contributed by atoms with van der Waals surface area (Å²) in [5.74, 6) is 0.772. The van der Waals surface area contributed by atoms with Crippen molar-refractivity contribution in [3.8, 4) is 5.75 Å². The highest BCUT2D eigenvalue weighted by Gasteiger charge is 2.43. The molecule has 1 fully saturated rings. The van der Waals surface area contributed by atoms with Crippen molar-refractivity contribution in [2.75, 3.05) is 18.1 Å². The minimum Gasteiger partial charge on any atom is -0.493 e. The highest BCUT2D eigenvalue weighted by Crippen LogP contribution is 2.35. The van der Waals surface area contributed by atoms with E-state index in [-0.39, 0.29) is 11.8 Å². The minimum absolute atomic E-state index is 0.204. The van der Waals surface area contributed by atoms with Crippen molar-refractivity contribution in [3.63, 3.8) is 0 Å². The Morgan fingerprint density at radius 2 is 2.00 bits per heavy atom. The molecule has 2 heterocycles. The van der Waals surface area contributed by atoms with Crippen molar-refractivity contribution in [3.05, 3.63) is 29.8 Å². The van der Waals surface area contributed by atoms with Gasteiger partial charge in [-0.2, -0.15) is 11.8 Å². The van der Waals surface area contributed by atoms with Gasteiger partial charge in [0.05, 0.1) is 12.5 Å². The number of rotatable bonds is 3. The first-order valence-electron chi connectivity index (χ1n) is 7.47. The van der Waals surface area contributed by atoms with Crippen molar-refractivity contribution >= 4 is 23.6 Å². The Bertz CT molecular complexity index is 583. The van der Waals surface area contributed by atoms with Gasteiger partial charge in [0, 0.05) is 5.56 Å². The maximum Gasteiger partial charge on any atom is 0.329 e. The van der Waals surface area contributed by atoms with Crippen LogP contribution in [0.4, 0.5) is 0 Å². The molecule has 1 saturated heterocycles. The number of thioether (sulfide) groups is 1. The molecule has 0 saturated carbocycles. The van der Waals surface area contributed by atoms with Crippen LogP contribution < -0.4 is 10.1 Å². The standard InChI is InChI=1S/C16H19NO4S/c18-14(17-16(15(19)20)6-9-22-10-7-16)12-5-8-21-13-4-2-1-3-11(12)13/h1-4,12H,5-10H2,(H,17,18)(H,19,20). The molecule has 1 amide bonds. The zero-order chi connectivity index (χ0) is 15.6. The molecule has 0 aromatic heterocycles. The predicted molar refractivity (Wildman–Crippen MR) is 84.4 cm³/mol. The summed E-state index contributed by atoms with van der Waals surface area (Å²) in [5, 5.41) is 12.4. The fraction of sp³-hybridized carbons (Fsp3) is 0.500. The maximum atomic E-state index is 12.7. The van der Waals surface area contributed by atoms with Crippen LogP contribution >= 0.6 is 11.8 Å². The summed E-state index contributed by atoms with van der Waals surface area (Å²) in [7, 11) is 0. The molecule has 2 aliphatic heterocycles. The molecule has 2 N–H and O–H groups in total. The zero-order valence-corrected chi connectivity index (χ0v) is 13.0. The van der Waals surface area contributed by atoms with Gasteiger partial charge < -0.3 is 15.2 Å². The lowest BCUT2D eigenvalue weighted by molar-refractivity contribution is -0.148. The highest BCUT2D eigenvalue weighted by molar-refractivity contribution is 7.99. The van der Waals surface area contributed by atoms with E-state index in [1.165, 1.54) is 0 Å². The molecule has 1 aromatic rings. The molecule has 118 valence electrons. The Morgan fingerprint density at radius 3 is 2.73 bits per heavy atom. The van der Waals surface area contributed by atoms with E-state index in [0.29, 0.717) is 25.9 Å². The van der Waals surface area contributed by atoms with Gasteiger partial charge >= 0.3 is 5.97 Å². The van der Waals surface area contributed by atoms with Crippen molar-refractivity contribution in [1.29, 1.82) is 0 Å². The molecule has 0 spiro atoms. The van der Waals surface area contributed by atoms with E-state index in [9.17, 15) is 14.7 Å². The summed E-state index contributed by atoms with van der Waals surface area (Å²) >= 11 is 1.73. The van der Waals surface area contributed by atoms with Crippen LogP contribution in [0, 0.1) is 0 Å². The topological polar surface area (TPSA) is 75.6 Å². The van der Waals surface area contributed by atoms with Gasteiger partial charge in [0.25, 0.3) is 0 Å². The number of nitrogens with one attached hydrogen (secondary N) is 1. The lowest BCUT2D eigenvalue weighted by atomic mass is 9.88. The Balaban J connectivity index is 1.81. The second-order valence-corrected chi connectivity index (χ2v) is 6.94. The molecule has 3 rings (SSSR count). The predicted octanol–water partition coefficient (Wildman–Crippen LogP) is 2.02. The van der Waals surface area contributed by atoms with Crippen molar-refractivity contribution in [2.45, 2.75) is 30.7 Å². The van der Waals surface area contributed by atoms with Gasteiger partial charge in [-0.05, 0) is 36.8 Å². The van der Waals surface area contributed by atoms with Crippen LogP contribution in [-0.2, 0) is 9.59 Å². The molecule has 6 heteroatoms. The van der Waals surface area contributed by atoms with E-state index in [4.69, 9.17) is 4.74 Å². The average Bonchev–Trinajstić information content (AvgIpc) is 2.55. The van der Waals surface area contributed by atoms with Crippen LogP contribution in [0.5, 0.6) is 5.75 Å². The largest absolute Gasteiger partial charge is 0.493 e. The number of para-hydroxylation sites is 1. The van der Waals surface area contributed by atoms with Crippen LogP contribution in [0.2, 0.25) is 0 Å². The number of aliphatic carboxylic acids is 1. The molecular weight excluding hydrogens is 302 g/mol. The number of benzene rings is 1. The number of hydrogen-bond donors (Lipinski definition) is 2. The number of amides is 1. The van der Waals surface area contributed by atoms with Gasteiger partial charge in [-0.25, -0.2) is 4.79 Å². The lowest BCUT2D eigenvalue weighted by Crippen LogP contribution is -2.57. The first-order valence-corrected chi connectivity index (χ1v) is 8.63. The number of fused-ring (bicyclic) bond motifs is 1. The second-order valence-electron chi connectivity index (χ2n) is 5.72. The van der Waals surface area contributed by atoms with Gasteiger partial charge in [-0.15, -0.1) is 0 Å². The fourth-order valence-corrected chi connectivity index (χ4v) is 4.24. The number of hydrogen-bond acceptors (Lipinski definition) is 4. The molecule has 0 aliphatic carbocycles. The third kappa shape index (κ3) is 2.79. The number of carboxylic acid groups (broad SMARTS) is 1. The smallest absolute Gasteiger partial charge is 0.329 e.